The van der Waals surface area contributed by atoms with Crippen LogP contribution in [-0.4, -0.2) is 14.2 Å². The van der Waals surface area contributed by atoms with E-state index < -0.39 is 0 Å². The van der Waals surface area contributed by atoms with Gasteiger partial charge in [0, 0.05) is 5.92 Å². The molecule has 2 aromatic carbocycles. The Bertz CT molecular complexity index is 1050. The zero-order valence-corrected chi connectivity index (χ0v) is 16.4. The van der Waals surface area contributed by atoms with Gasteiger partial charge in [-0.2, -0.15) is 5.26 Å². The van der Waals surface area contributed by atoms with Crippen molar-refractivity contribution in [2.75, 3.05) is 14.2 Å². The molecule has 146 valence electrons. The van der Waals surface area contributed by atoms with Crippen molar-refractivity contribution in [3.8, 4) is 17.6 Å². The highest BCUT2D eigenvalue weighted by atomic mass is 16.5. The fourth-order valence-corrected chi connectivity index (χ4v) is 3.91. The summed E-state index contributed by atoms with van der Waals surface area (Å²) in [5.41, 5.74) is 10.9. The summed E-state index contributed by atoms with van der Waals surface area (Å²) >= 11 is 0. The first kappa shape index (κ1) is 18.7. The Morgan fingerprint density at radius 1 is 1.00 bits per heavy atom. The lowest BCUT2D eigenvalue weighted by atomic mass is 9.83. The van der Waals surface area contributed by atoms with Crippen molar-refractivity contribution in [3.63, 3.8) is 0 Å². The second-order valence-corrected chi connectivity index (χ2v) is 7.00. The van der Waals surface area contributed by atoms with Gasteiger partial charge in [-0.15, -0.1) is 0 Å². The van der Waals surface area contributed by atoms with Gasteiger partial charge in [-0.05, 0) is 65.5 Å². The number of hydrogen-bond donors (Lipinski definition) is 1. The average Bonchev–Trinajstić information content (AvgIpc) is 3.15. The average molecular weight is 386 g/mol. The number of allylic oxidation sites excluding steroid dienone is 3. The molecule has 2 N–H and O–H groups in total. The summed E-state index contributed by atoms with van der Waals surface area (Å²) in [6.07, 6.45) is 3.78. The fraction of sp³-hybridized carbons (Fsp3) is 0.208. The van der Waals surface area contributed by atoms with Gasteiger partial charge in [0.25, 0.3) is 0 Å². The van der Waals surface area contributed by atoms with E-state index in [1.807, 2.05) is 48.5 Å². The minimum absolute atomic E-state index is 0.176. The van der Waals surface area contributed by atoms with Gasteiger partial charge in [-0.25, -0.2) is 0 Å². The molecule has 5 nitrogen and oxygen atoms in total. The van der Waals surface area contributed by atoms with Crippen LogP contribution in [0.5, 0.6) is 11.5 Å². The van der Waals surface area contributed by atoms with Gasteiger partial charge in [-0.3, -0.25) is 0 Å². The van der Waals surface area contributed by atoms with Crippen molar-refractivity contribution in [2.45, 2.75) is 18.8 Å². The number of rotatable bonds is 4. The smallest absolute Gasteiger partial charge is 0.205 e. The summed E-state index contributed by atoms with van der Waals surface area (Å²) < 4.78 is 16.4. The lowest BCUT2D eigenvalue weighted by molar-refractivity contribution is 0.292. The first-order chi connectivity index (χ1) is 14.1. The van der Waals surface area contributed by atoms with E-state index >= 15 is 0 Å². The number of benzene rings is 2. The highest BCUT2D eigenvalue weighted by molar-refractivity contribution is 5.64. The van der Waals surface area contributed by atoms with E-state index in [0.717, 1.165) is 52.4 Å². The Hall–Kier alpha value is -3.65. The Morgan fingerprint density at radius 3 is 2.21 bits per heavy atom. The number of ether oxygens (including phenoxy) is 3. The number of nitriles is 1. The molecule has 0 fully saturated rings. The van der Waals surface area contributed by atoms with E-state index in [9.17, 15) is 5.26 Å². The van der Waals surface area contributed by atoms with Crippen molar-refractivity contribution in [1.29, 1.82) is 5.26 Å². The van der Waals surface area contributed by atoms with Gasteiger partial charge in [0.2, 0.25) is 5.88 Å². The van der Waals surface area contributed by atoms with Crippen LogP contribution in [0.4, 0.5) is 0 Å². The standard InChI is InChI=1S/C24H22N2O3/c1-27-18-8-3-15(4-9-18)13-17-7-12-20-22(16-5-10-19(28-2)11-6-16)21(14-25)24(26)29-23(17)20/h3-6,8-11,13,22H,7,12,26H2,1-2H3/b17-13+. The third-order valence-electron chi connectivity index (χ3n) is 5.39. The number of nitrogens with two attached hydrogens (primary N) is 1. The van der Waals surface area contributed by atoms with Crippen LogP contribution in [0.2, 0.25) is 0 Å². The predicted molar refractivity (Wildman–Crippen MR) is 111 cm³/mol. The van der Waals surface area contributed by atoms with Crippen LogP contribution in [0.15, 0.2) is 76.9 Å². The molecule has 1 heterocycles. The molecule has 0 bridgehead atoms. The Labute approximate surface area is 170 Å². The topological polar surface area (TPSA) is 77.5 Å². The molecule has 29 heavy (non-hydrogen) atoms. The van der Waals surface area contributed by atoms with Crippen LogP contribution in [0.3, 0.4) is 0 Å². The summed E-state index contributed by atoms with van der Waals surface area (Å²) in [5.74, 6) is 2.36. The molecule has 1 aliphatic carbocycles. The maximum Gasteiger partial charge on any atom is 0.205 e. The van der Waals surface area contributed by atoms with E-state index in [1.54, 1.807) is 14.2 Å². The second kappa shape index (κ2) is 7.76. The molecule has 1 atom stereocenters. The second-order valence-electron chi connectivity index (χ2n) is 7.00. The summed E-state index contributed by atoms with van der Waals surface area (Å²) in [4.78, 5) is 0. The van der Waals surface area contributed by atoms with E-state index in [2.05, 4.69) is 12.1 Å². The molecule has 0 spiro atoms. The third-order valence-corrected chi connectivity index (χ3v) is 5.39. The van der Waals surface area contributed by atoms with Gasteiger partial charge >= 0.3 is 0 Å². The molecule has 1 aliphatic heterocycles. The largest absolute Gasteiger partial charge is 0.497 e. The Morgan fingerprint density at radius 2 is 1.62 bits per heavy atom. The molecular weight excluding hydrogens is 364 g/mol. The normalized spacial score (nSPS) is 19.6. The molecule has 0 radical (unpaired) electrons. The van der Waals surface area contributed by atoms with E-state index in [0.29, 0.717) is 5.57 Å². The first-order valence-electron chi connectivity index (χ1n) is 9.44. The van der Waals surface area contributed by atoms with Crippen molar-refractivity contribution >= 4 is 6.08 Å². The highest BCUT2D eigenvalue weighted by Crippen LogP contribution is 2.48. The van der Waals surface area contributed by atoms with E-state index in [4.69, 9.17) is 19.9 Å². The van der Waals surface area contributed by atoms with Crippen molar-refractivity contribution in [1.82, 2.24) is 0 Å². The van der Waals surface area contributed by atoms with Gasteiger partial charge < -0.3 is 19.9 Å². The lowest BCUT2D eigenvalue weighted by Gasteiger charge is -2.26. The van der Waals surface area contributed by atoms with Gasteiger partial charge in [0.05, 0.1) is 14.2 Å². The maximum atomic E-state index is 9.72. The fourth-order valence-electron chi connectivity index (χ4n) is 3.91. The molecule has 2 aliphatic rings. The summed E-state index contributed by atoms with van der Waals surface area (Å²) in [7, 11) is 3.29. The first-order valence-corrected chi connectivity index (χ1v) is 9.44. The zero-order valence-electron chi connectivity index (χ0n) is 16.4. The molecule has 0 aromatic heterocycles. The summed E-state index contributed by atoms with van der Waals surface area (Å²) in [5, 5.41) is 9.72. The monoisotopic (exact) mass is 386 g/mol. The molecule has 0 saturated heterocycles. The minimum Gasteiger partial charge on any atom is -0.497 e. The molecule has 2 aromatic rings. The van der Waals surface area contributed by atoms with Gasteiger partial charge in [0.15, 0.2) is 0 Å². The molecule has 1 unspecified atom stereocenters. The number of nitrogens with zero attached hydrogens (tertiary/aromatic N) is 1. The van der Waals surface area contributed by atoms with E-state index in [1.165, 1.54) is 0 Å². The number of hydrogen-bond acceptors (Lipinski definition) is 5. The zero-order chi connectivity index (χ0) is 20.4. The van der Waals surface area contributed by atoms with Crippen molar-refractivity contribution < 1.29 is 14.2 Å². The minimum atomic E-state index is -0.198. The van der Waals surface area contributed by atoms with Crippen LogP contribution in [0.1, 0.15) is 29.9 Å². The SMILES string of the molecule is COc1ccc(/C=C2\CCC3=C2OC(N)=C(C#N)C3c2ccc(OC)cc2)cc1. The molecule has 4 rings (SSSR count). The van der Waals surface area contributed by atoms with Crippen molar-refractivity contribution in [3.05, 3.63) is 88.0 Å². The van der Waals surface area contributed by atoms with Crippen molar-refractivity contribution in [2.24, 2.45) is 5.73 Å². The summed E-state index contributed by atoms with van der Waals surface area (Å²) in [6.45, 7) is 0. The molecule has 5 heteroatoms. The van der Waals surface area contributed by atoms with Crippen LogP contribution < -0.4 is 15.2 Å². The van der Waals surface area contributed by atoms with Gasteiger partial charge in [0.1, 0.15) is 28.9 Å². The van der Waals surface area contributed by atoms with E-state index in [-0.39, 0.29) is 11.8 Å². The third kappa shape index (κ3) is 3.45. The predicted octanol–water partition coefficient (Wildman–Crippen LogP) is 4.64. The quantitative estimate of drug-likeness (QED) is 0.828. The molecular formula is C24H22N2O3. The Kier molecular flexibility index (Phi) is 5.01. The molecule has 0 saturated carbocycles. The lowest BCUT2D eigenvalue weighted by Crippen LogP contribution is -2.19. The van der Waals surface area contributed by atoms with Crippen LogP contribution in [0.25, 0.3) is 6.08 Å². The van der Waals surface area contributed by atoms with Crippen LogP contribution >= 0.6 is 0 Å². The maximum absolute atomic E-state index is 9.72. The highest BCUT2D eigenvalue weighted by Gasteiger charge is 2.37. The van der Waals surface area contributed by atoms with Crippen LogP contribution in [-0.2, 0) is 4.74 Å². The summed E-state index contributed by atoms with van der Waals surface area (Å²) in [6, 6.07) is 17.9. The van der Waals surface area contributed by atoms with Crippen LogP contribution in [0, 0.1) is 11.3 Å². The molecule has 0 amide bonds. The number of methoxy groups -OCH3 is 2. The Balaban J connectivity index is 1.74. The van der Waals surface area contributed by atoms with Gasteiger partial charge in [-0.1, -0.05) is 24.3 Å².